The highest BCUT2D eigenvalue weighted by Crippen LogP contribution is 2.48. The van der Waals surface area contributed by atoms with Gasteiger partial charge >= 0.3 is 6.09 Å². The first-order chi connectivity index (χ1) is 15.7. The third-order valence-corrected chi connectivity index (χ3v) is 6.55. The number of halogens is 2. The molecule has 3 aliphatic rings. The molecule has 2 aliphatic heterocycles. The van der Waals surface area contributed by atoms with Crippen LogP contribution in [0.2, 0.25) is 0 Å². The van der Waals surface area contributed by atoms with Gasteiger partial charge < -0.3 is 29.5 Å². The first-order valence-corrected chi connectivity index (χ1v) is 10.7. The summed E-state index contributed by atoms with van der Waals surface area (Å²) < 4.78 is 45.4. The first-order valence-electron chi connectivity index (χ1n) is 10.7. The molecule has 0 spiro atoms. The number of ether oxygens (including phenoxy) is 3. The predicted octanol–water partition coefficient (Wildman–Crippen LogP) is 2.55. The second-order valence-corrected chi connectivity index (χ2v) is 8.45. The summed E-state index contributed by atoms with van der Waals surface area (Å²) in [6.45, 7) is 2.25. The Morgan fingerprint density at radius 3 is 2.79 bits per heavy atom. The van der Waals surface area contributed by atoms with E-state index in [-0.39, 0.29) is 43.7 Å². The molecule has 0 saturated carbocycles. The number of β-amino-alcohol motifs (C(OH)–C–C–N with tert-alkyl or cyclic N) is 1. The van der Waals surface area contributed by atoms with E-state index < -0.39 is 24.2 Å². The minimum absolute atomic E-state index is 0.142. The van der Waals surface area contributed by atoms with Crippen molar-refractivity contribution in [2.24, 2.45) is 0 Å². The molecule has 9 nitrogen and oxygen atoms in total. The van der Waals surface area contributed by atoms with Gasteiger partial charge in [0, 0.05) is 24.1 Å². The number of hydrogen-bond donors (Lipinski definition) is 2. The molecule has 1 aromatic carbocycles. The van der Waals surface area contributed by atoms with Crippen molar-refractivity contribution in [2.75, 3.05) is 32.3 Å². The number of carbonyl (C=O) groups is 1. The van der Waals surface area contributed by atoms with Gasteiger partial charge in [0.1, 0.15) is 23.8 Å². The Morgan fingerprint density at radius 2 is 2.12 bits per heavy atom. The van der Waals surface area contributed by atoms with Crippen molar-refractivity contribution < 1.29 is 32.9 Å². The van der Waals surface area contributed by atoms with Crippen LogP contribution >= 0.6 is 0 Å². The molecule has 3 heterocycles. The van der Waals surface area contributed by atoms with E-state index in [2.05, 4.69) is 20.0 Å². The summed E-state index contributed by atoms with van der Waals surface area (Å²) in [5.41, 5.74) is 1.69. The fourth-order valence-electron chi connectivity index (χ4n) is 4.57. The number of alkyl carbamates (subject to hydrolysis) is 1. The van der Waals surface area contributed by atoms with E-state index in [0.29, 0.717) is 33.9 Å². The quantitative estimate of drug-likeness (QED) is 0.714. The average molecular weight is 462 g/mol. The molecule has 11 heteroatoms. The number of aliphatic hydroxyl groups excluding tert-OH is 1. The van der Waals surface area contributed by atoms with E-state index in [0.717, 1.165) is 0 Å². The maximum Gasteiger partial charge on any atom is 0.407 e. The number of nitrogens with one attached hydrogen (secondary N) is 1. The third-order valence-electron chi connectivity index (χ3n) is 6.55. The van der Waals surface area contributed by atoms with Crippen LogP contribution in [0.4, 0.5) is 19.5 Å². The molecule has 0 radical (unpaired) electrons. The van der Waals surface area contributed by atoms with E-state index >= 15 is 0 Å². The number of hydrogen-bond acceptors (Lipinski definition) is 8. The number of carbonyl (C=O) groups excluding carboxylic acids is 1. The number of amides is 1. The van der Waals surface area contributed by atoms with Gasteiger partial charge in [0.05, 0.1) is 43.7 Å². The molecule has 0 bridgehead atoms. The van der Waals surface area contributed by atoms with Crippen LogP contribution in [-0.4, -0.2) is 60.7 Å². The number of fused-ring (bicyclic) bond motifs is 2. The summed E-state index contributed by atoms with van der Waals surface area (Å²) in [6, 6.07) is 2.68. The van der Waals surface area contributed by atoms with Gasteiger partial charge in [0.25, 0.3) is 5.92 Å². The van der Waals surface area contributed by atoms with Crippen molar-refractivity contribution in [2.45, 2.75) is 43.9 Å². The summed E-state index contributed by atoms with van der Waals surface area (Å²) in [6.07, 6.45) is -1.36. The minimum atomic E-state index is -3.05. The first kappa shape index (κ1) is 21.6. The van der Waals surface area contributed by atoms with Gasteiger partial charge in [0.15, 0.2) is 0 Å². The Labute approximate surface area is 188 Å². The zero-order chi connectivity index (χ0) is 23.5. The number of rotatable bonds is 4. The summed E-state index contributed by atoms with van der Waals surface area (Å²) >= 11 is 0. The Balaban J connectivity index is 1.61. The molecule has 1 fully saturated rings. The lowest BCUT2D eigenvalue weighted by Crippen LogP contribution is -2.59. The van der Waals surface area contributed by atoms with Crippen LogP contribution in [0, 0.1) is 0 Å². The van der Waals surface area contributed by atoms with Crippen molar-refractivity contribution in [3.05, 3.63) is 29.0 Å². The van der Waals surface area contributed by atoms with E-state index in [1.54, 1.807) is 24.0 Å². The normalized spacial score (nSPS) is 24.4. The lowest BCUT2D eigenvalue weighted by Gasteiger charge is -2.43. The second-order valence-electron chi connectivity index (χ2n) is 8.45. The van der Waals surface area contributed by atoms with Gasteiger partial charge in [-0.05, 0) is 25.5 Å². The topological polar surface area (TPSA) is 106 Å². The lowest BCUT2D eigenvalue weighted by molar-refractivity contribution is -0.00603. The van der Waals surface area contributed by atoms with Crippen LogP contribution in [-0.2, 0) is 17.1 Å². The number of methoxy groups -OCH3 is 2. The molecule has 3 atom stereocenters. The summed E-state index contributed by atoms with van der Waals surface area (Å²) in [5.74, 6) is -1.99. The van der Waals surface area contributed by atoms with Crippen LogP contribution in [0.5, 0.6) is 11.5 Å². The smallest absolute Gasteiger partial charge is 0.407 e. The van der Waals surface area contributed by atoms with Crippen molar-refractivity contribution >= 4 is 12.0 Å². The SMILES string of the molecule is COC(=O)NC1COc2cc(-c3nc(N4C[C@@H](O)[C@@H]4C)nc4c3CCC4(F)F)cc(OC)c21. The molecule has 5 rings (SSSR count). The molecule has 1 aromatic heterocycles. The number of aromatic nitrogens is 2. The third kappa shape index (κ3) is 3.41. The zero-order valence-corrected chi connectivity index (χ0v) is 18.4. The fourth-order valence-corrected chi connectivity index (χ4v) is 4.57. The molecule has 33 heavy (non-hydrogen) atoms. The maximum absolute atomic E-state index is 14.7. The number of aliphatic hydroxyl groups is 1. The van der Waals surface area contributed by atoms with Crippen molar-refractivity contribution in [1.82, 2.24) is 15.3 Å². The molecule has 176 valence electrons. The van der Waals surface area contributed by atoms with Gasteiger partial charge in [-0.1, -0.05) is 0 Å². The molecular weight excluding hydrogens is 438 g/mol. The van der Waals surface area contributed by atoms with Crippen LogP contribution < -0.4 is 19.7 Å². The van der Waals surface area contributed by atoms with E-state index in [4.69, 9.17) is 9.47 Å². The number of benzene rings is 1. The molecule has 1 amide bonds. The minimum Gasteiger partial charge on any atom is -0.496 e. The van der Waals surface area contributed by atoms with Crippen LogP contribution in [0.25, 0.3) is 11.3 Å². The summed E-state index contributed by atoms with van der Waals surface area (Å²) in [5, 5.41) is 12.6. The maximum atomic E-state index is 14.7. The highest BCUT2D eigenvalue weighted by molar-refractivity contribution is 5.74. The van der Waals surface area contributed by atoms with Crippen molar-refractivity contribution in [3.8, 4) is 22.8 Å². The lowest BCUT2D eigenvalue weighted by atomic mass is 9.99. The van der Waals surface area contributed by atoms with Gasteiger partial charge in [-0.25, -0.2) is 14.8 Å². The van der Waals surface area contributed by atoms with E-state index in [1.165, 1.54) is 14.2 Å². The predicted molar refractivity (Wildman–Crippen MR) is 113 cm³/mol. The summed E-state index contributed by atoms with van der Waals surface area (Å²) in [4.78, 5) is 22.2. The van der Waals surface area contributed by atoms with Crippen LogP contribution in [0.15, 0.2) is 12.1 Å². The van der Waals surface area contributed by atoms with Gasteiger partial charge in [-0.15, -0.1) is 0 Å². The molecule has 1 saturated heterocycles. The number of anilines is 1. The van der Waals surface area contributed by atoms with Crippen LogP contribution in [0.1, 0.15) is 36.2 Å². The van der Waals surface area contributed by atoms with Crippen LogP contribution in [0.3, 0.4) is 0 Å². The molecule has 2 N–H and O–H groups in total. The van der Waals surface area contributed by atoms with Gasteiger partial charge in [0.2, 0.25) is 5.95 Å². The molecule has 2 aromatic rings. The van der Waals surface area contributed by atoms with Gasteiger partial charge in [-0.2, -0.15) is 8.78 Å². The highest BCUT2D eigenvalue weighted by atomic mass is 19.3. The Bertz CT molecular complexity index is 1130. The van der Waals surface area contributed by atoms with E-state index in [9.17, 15) is 18.7 Å². The van der Waals surface area contributed by atoms with Gasteiger partial charge in [-0.3, -0.25) is 0 Å². The van der Waals surface area contributed by atoms with E-state index in [1.807, 2.05) is 0 Å². The Morgan fingerprint density at radius 1 is 1.33 bits per heavy atom. The standard InChI is InChI=1S/C22H24F2N4O5/c1-10-14(29)8-28(10)20-26-18(12-4-5-22(23,24)19(12)27-20)11-6-15(31-2)17-13(25-21(30)32-3)9-33-16(17)7-11/h6-7,10,13-14,29H,4-5,8-9H2,1-3H3,(H,25,30)/t10-,13?,14+/m0/s1. The molecular formula is C22H24F2N4O5. The highest BCUT2D eigenvalue weighted by Gasteiger charge is 2.45. The molecule has 1 unspecified atom stereocenters. The number of nitrogens with zero attached hydrogens (tertiary/aromatic N) is 3. The Kier molecular flexibility index (Phi) is 5.04. The monoisotopic (exact) mass is 462 g/mol. The largest absolute Gasteiger partial charge is 0.496 e. The second kappa shape index (κ2) is 7.68. The zero-order valence-electron chi connectivity index (χ0n) is 18.4. The number of alkyl halides is 2. The molecule has 1 aliphatic carbocycles. The average Bonchev–Trinajstić information content (AvgIpc) is 3.35. The fraction of sp³-hybridized carbons (Fsp3) is 0.500. The summed E-state index contributed by atoms with van der Waals surface area (Å²) in [7, 11) is 2.76. The van der Waals surface area contributed by atoms with Crippen molar-refractivity contribution in [3.63, 3.8) is 0 Å². The van der Waals surface area contributed by atoms with Crippen molar-refractivity contribution in [1.29, 1.82) is 0 Å². The Hall–Kier alpha value is -3.21.